The maximum absolute atomic E-state index is 10.9. The molecule has 0 aromatic heterocycles. The molecule has 0 spiro atoms. The van der Waals surface area contributed by atoms with Gasteiger partial charge in [-0.1, -0.05) is 0 Å². The van der Waals surface area contributed by atoms with Crippen molar-refractivity contribution in [2.75, 3.05) is 0 Å². The van der Waals surface area contributed by atoms with E-state index in [9.17, 15) is 17.6 Å². The lowest BCUT2D eigenvalue weighted by Gasteiger charge is -1.94. The molecular weight excluding hydrogens is 128 g/mol. The van der Waals surface area contributed by atoms with Gasteiger partial charge in [-0.2, -0.15) is 17.6 Å². The van der Waals surface area contributed by atoms with Crippen LogP contribution in [0.2, 0.25) is 0 Å². The summed E-state index contributed by atoms with van der Waals surface area (Å²) in [5, 5.41) is 7.36. The number of hydrogen-bond donors (Lipinski definition) is 1. The summed E-state index contributed by atoms with van der Waals surface area (Å²) in [5.41, 5.74) is 0. The van der Waals surface area contributed by atoms with Crippen molar-refractivity contribution in [1.82, 2.24) is 0 Å². The van der Waals surface area contributed by atoms with Gasteiger partial charge < -0.3 is 5.11 Å². The molecule has 0 radical (unpaired) electrons. The highest BCUT2D eigenvalue weighted by atomic mass is 19.4. The second-order valence-corrected chi connectivity index (χ2v) is 1.01. The maximum atomic E-state index is 10.9. The zero-order valence-corrected chi connectivity index (χ0v) is 3.54. The van der Waals surface area contributed by atoms with Crippen LogP contribution in [0.4, 0.5) is 17.6 Å². The molecule has 0 fully saturated rings. The van der Waals surface area contributed by atoms with Crippen molar-refractivity contribution in [3.63, 3.8) is 0 Å². The SMILES string of the molecule is O/C(F)=C\C(F)(F)F. The van der Waals surface area contributed by atoms with Crippen molar-refractivity contribution >= 4 is 0 Å². The monoisotopic (exact) mass is 130 g/mol. The first kappa shape index (κ1) is 7.26. The van der Waals surface area contributed by atoms with Crippen molar-refractivity contribution in [1.29, 1.82) is 0 Å². The van der Waals surface area contributed by atoms with Crippen molar-refractivity contribution in [2.45, 2.75) is 6.18 Å². The second-order valence-electron chi connectivity index (χ2n) is 1.01. The van der Waals surface area contributed by atoms with Gasteiger partial charge in [-0.15, -0.1) is 0 Å². The Morgan fingerprint density at radius 1 is 1.38 bits per heavy atom. The molecule has 48 valence electrons. The van der Waals surface area contributed by atoms with Crippen LogP contribution < -0.4 is 0 Å². The Morgan fingerprint density at radius 2 is 1.75 bits per heavy atom. The average Bonchev–Trinajstić information content (AvgIpc) is 1.21. The molecule has 0 aliphatic heterocycles. The molecule has 1 N–H and O–H groups in total. The fourth-order valence-corrected chi connectivity index (χ4v) is 0.135. The first-order valence-electron chi connectivity index (χ1n) is 1.56. The molecule has 0 aromatic carbocycles. The van der Waals surface area contributed by atoms with Crippen molar-refractivity contribution in [3.05, 3.63) is 12.1 Å². The van der Waals surface area contributed by atoms with Gasteiger partial charge in [0.15, 0.2) is 0 Å². The molecule has 0 unspecified atom stereocenters. The summed E-state index contributed by atoms with van der Waals surface area (Å²) in [7, 11) is 0. The number of aliphatic hydroxyl groups excluding tert-OH is 1. The largest absolute Gasteiger partial charge is 0.486 e. The Balaban J connectivity index is 3.89. The molecule has 0 bridgehead atoms. The Kier molecular flexibility index (Phi) is 1.83. The summed E-state index contributed by atoms with van der Waals surface area (Å²) in [5.74, 6) is 0. The van der Waals surface area contributed by atoms with Crippen molar-refractivity contribution < 1.29 is 22.7 Å². The van der Waals surface area contributed by atoms with Crippen LogP contribution in [0.5, 0.6) is 0 Å². The van der Waals surface area contributed by atoms with E-state index in [1.54, 1.807) is 0 Å². The summed E-state index contributed by atoms with van der Waals surface area (Å²) >= 11 is 0. The van der Waals surface area contributed by atoms with E-state index in [-0.39, 0.29) is 0 Å². The van der Waals surface area contributed by atoms with E-state index >= 15 is 0 Å². The average molecular weight is 130 g/mol. The van der Waals surface area contributed by atoms with Crippen LogP contribution in [0.3, 0.4) is 0 Å². The summed E-state index contributed by atoms with van der Waals surface area (Å²) in [6.45, 7) is 0. The van der Waals surface area contributed by atoms with Crippen LogP contribution in [-0.2, 0) is 0 Å². The molecule has 1 nitrogen and oxygen atoms in total. The molecule has 0 aromatic rings. The smallest absolute Gasteiger partial charge is 0.415 e. The van der Waals surface area contributed by atoms with Gasteiger partial charge in [-0.3, -0.25) is 0 Å². The van der Waals surface area contributed by atoms with E-state index in [1.807, 2.05) is 0 Å². The third kappa shape index (κ3) is 5.26. The van der Waals surface area contributed by atoms with E-state index in [4.69, 9.17) is 5.11 Å². The quantitative estimate of drug-likeness (QED) is 0.392. The second kappa shape index (κ2) is 2.02. The molecule has 5 heteroatoms. The number of alkyl halides is 3. The summed E-state index contributed by atoms with van der Waals surface area (Å²) in [6, 6.07) is -2.22. The van der Waals surface area contributed by atoms with Gasteiger partial charge >= 0.3 is 6.18 Å². The summed E-state index contributed by atoms with van der Waals surface area (Å²) in [6.07, 6.45) is -5.61. The van der Waals surface area contributed by atoms with E-state index < -0.39 is 18.3 Å². The Bertz CT molecular complexity index is 98.3. The molecule has 0 saturated carbocycles. The lowest BCUT2D eigenvalue weighted by molar-refractivity contribution is -0.0837. The number of halogens is 4. The maximum Gasteiger partial charge on any atom is 0.415 e. The van der Waals surface area contributed by atoms with Gasteiger partial charge in [-0.05, 0) is 0 Å². The Labute approximate surface area is 42.2 Å². The highest BCUT2D eigenvalue weighted by molar-refractivity contribution is 4.86. The summed E-state index contributed by atoms with van der Waals surface area (Å²) < 4.78 is 43.4. The molecule has 0 aliphatic carbocycles. The molecule has 0 rings (SSSR count). The van der Waals surface area contributed by atoms with E-state index in [1.165, 1.54) is 0 Å². The highest BCUT2D eigenvalue weighted by Gasteiger charge is 2.24. The van der Waals surface area contributed by atoms with Crippen molar-refractivity contribution in [2.24, 2.45) is 0 Å². The van der Waals surface area contributed by atoms with Crippen molar-refractivity contribution in [3.8, 4) is 0 Å². The van der Waals surface area contributed by atoms with Crippen LogP contribution >= 0.6 is 0 Å². The molecule has 8 heavy (non-hydrogen) atoms. The number of hydrogen-bond acceptors (Lipinski definition) is 1. The predicted molar refractivity (Wildman–Crippen MR) is 17.9 cm³/mol. The normalized spacial score (nSPS) is 14.2. The highest BCUT2D eigenvalue weighted by Crippen LogP contribution is 2.17. The number of allylic oxidation sites excluding steroid dienone is 1. The molecule has 0 heterocycles. The Hall–Kier alpha value is -0.740. The molecule has 0 saturated heterocycles. The lowest BCUT2D eigenvalue weighted by atomic mass is 10.6. The van der Waals surface area contributed by atoms with Gasteiger partial charge in [0.2, 0.25) is 0 Å². The third-order valence-electron chi connectivity index (χ3n) is 0.283. The van der Waals surface area contributed by atoms with Gasteiger partial charge in [0.25, 0.3) is 6.01 Å². The van der Waals surface area contributed by atoms with Gasteiger partial charge in [0.05, 0.1) is 6.08 Å². The lowest BCUT2D eigenvalue weighted by Crippen LogP contribution is -2.01. The van der Waals surface area contributed by atoms with E-state index in [0.717, 1.165) is 0 Å². The topological polar surface area (TPSA) is 20.2 Å². The standard InChI is InChI=1S/C3H2F4O/c4-2(8)1-3(5,6)7/h1,8H/b2-1-. The van der Waals surface area contributed by atoms with E-state index in [0.29, 0.717) is 0 Å². The van der Waals surface area contributed by atoms with Crippen LogP contribution in [-0.4, -0.2) is 11.3 Å². The molecule has 0 atom stereocenters. The Morgan fingerprint density at radius 3 is 1.75 bits per heavy atom. The first-order valence-corrected chi connectivity index (χ1v) is 1.56. The minimum atomic E-state index is -4.77. The number of rotatable bonds is 0. The van der Waals surface area contributed by atoms with Gasteiger partial charge in [0, 0.05) is 0 Å². The number of aliphatic hydroxyl groups is 1. The zero-order valence-electron chi connectivity index (χ0n) is 3.54. The fourth-order valence-electron chi connectivity index (χ4n) is 0.135. The molecule has 0 aliphatic rings. The minimum Gasteiger partial charge on any atom is -0.486 e. The molecule has 0 amide bonds. The van der Waals surface area contributed by atoms with E-state index in [2.05, 4.69) is 0 Å². The van der Waals surface area contributed by atoms with Crippen LogP contribution in [0, 0.1) is 0 Å². The predicted octanol–water partition coefficient (Wildman–Crippen LogP) is 1.92. The molecular formula is C3H2F4O. The van der Waals surface area contributed by atoms with Gasteiger partial charge in [0.1, 0.15) is 0 Å². The summed E-state index contributed by atoms with van der Waals surface area (Å²) in [4.78, 5) is 0. The fraction of sp³-hybridized carbons (Fsp3) is 0.333. The first-order chi connectivity index (χ1) is 3.42. The van der Waals surface area contributed by atoms with Crippen LogP contribution in [0.15, 0.2) is 12.1 Å². The van der Waals surface area contributed by atoms with Crippen LogP contribution in [0.1, 0.15) is 0 Å². The van der Waals surface area contributed by atoms with Gasteiger partial charge in [-0.25, -0.2) is 0 Å². The van der Waals surface area contributed by atoms with Crippen LogP contribution in [0.25, 0.3) is 0 Å². The minimum absolute atomic E-state index is 0.840. The zero-order chi connectivity index (χ0) is 6.78. The third-order valence-corrected chi connectivity index (χ3v) is 0.283.